The normalized spacial score (nSPS) is 25.5. The summed E-state index contributed by atoms with van der Waals surface area (Å²) < 4.78 is 5.52. The molecule has 0 aromatic heterocycles. The van der Waals surface area contributed by atoms with Crippen molar-refractivity contribution in [1.29, 1.82) is 0 Å². The fourth-order valence-electron chi connectivity index (χ4n) is 9.76. The maximum atomic E-state index is 15.6. The highest BCUT2D eigenvalue weighted by Gasteiger charge is 2.70. The van der Waals surface area contributed by atoms with Crippen molar-refractivity contribution in [1.82, 2.24) is 5.01 Å². The number of carbonyl (C=O) groups excluding carboxylic acids is 4. The van der Waals surface area contributed by atoms with Gasteiger partial charge in [-0.05, 0) is 89.4 Å². The number of amides is 4. The second-order valence-electron chi connectivity index (χ2n) is 14.7. The summed E-state index contributed by atoms with van der Waals surface area (Å²) in [6.45, 7) is 3.81. The Bertz CT molecular complexity index is 2540. The number of benzene rings is 5. The van der Waals surface area contributed by atoms with E-state index in [-0.39, 0.29) is 35.4 Å². The number of rotatable bonds is 7. The molecule has 5 aromatic rings. The van der Waals surface area contributed by atoms with Crippen molar-refractivity contribution in [2.75, 3.05) is 17.4 Å². The number of anilines is 2. The van der Waals surface area contributed by atoms with Gasteiger partial charge in [-0.3, -0.25) is 29.5 Å². The van der Waals surface area contributed by atoms with Gasteiger partial charge in [0.2, 0.25) is 11.8 Å². The average Bonchev–Trinajstić information content (AvgIpc) is 3.60. The Morgan fingerprint density at radius 1 is 0.857 bits per heavy atom. The number of hydrazine groups is 1. The number of ether oxygens (including phenoxy) is 1. The number of phenolic OH excluding ortho intramolecular Hbond substituents is 1. The van der Waals surface area contributed by atoms with E-state index in [1.807, 2.05) is 54.6 Å². The molecule has 6 atom stereocenters. The molecule has 5 aromatic carbocycles. The van der Waals surface area contributed by atoms with Crippen LogP contribution in [0.4, 0.5) is 11.4 Å². The van der Waals surface area contributed by atoms with Crippen LogP contribution in [-0.4, -0.2) is 40.9 Å². The van der Waals surface area contributed by atoms with Gasteiger partial charge in [0.1, 0.15) is 11.5 Å². The second-order valence-corrected chi connectivity index (χ2v) is 15.6. The van der Waals surface area contributed by atoms with Gasteiger partial charge >= 0.3 is 0 Å². The van der Waals surface area contributed by atoms with Gasteiger partial charge in [-0.15, -0.1) is 0 Å². The van der Waals surface area contributed by atoms with E-state index in [1.54, 1.807) is 61.7 Å². The van der Waals surface area contributed by atoms with E-state index < -0.39 is 46.8 Å². The number of hydrogen-bond acceptors (Lipinski definition) is 7. The predicted octanol–water partition coefficient (Wildman–Crippen LogP) is 8.69. The Morgan fingerprint density at radius 2 is 1.59 bits per heavy atom. The van der Waals surface area contributed by atoms with Gasteiger partial charge in [0, 0.05) is 16.3 Å². The molecule has 0 radical (unpaired) electrons. The molecule has 2 heterocycles. The molecule has 2 saturated heterocycles. The molecule has 0 spiro atoms. The largest absolute Gasteiger partial charge is 0.507 e. The Morgan fingerprint density at radius 3 is 2.29 bits per heavy atom. The van der Waals surface area contributed by atoms with Crippen molar-refractivity contribution in [3.05, 3.63) is 148 Å². The summed E-state index contributed by atoms with van der Waals surface area (Å²) in [5.74, 6) is -4.83. The summed E-state index contributed by atoms with van der Waals surface area (Å²) in [6.07, 6.45) is 4.09. The number of allylic oxidation sites excluding steroid dienone is 2. The standard InChI is InChI=1S/C45H35Cl2N3O6/c1-3-24-8-13-27(14-9-24)49-41(52)33-18-17-32-34(39(33)43(49)54)23-35-42(53)50(48-37-20-12-26(46)22-36(37)47)44(55)45(35,25-10-15-28(56-2)16-11-25)40(32)31-19-21-38(51)30-7-5-4-6-29(30)31/h3-17,19-22,33-35,39-40,48,51H,1,18,23H2,2H3. The second kappa shape index (κ2) is 13.4. The van der Waals surface area contributed by atoms with Crippen LogP contribution in [0, 0.1) is 23.7 Å². The van der Waals surface area contributed by atoms with E-state index in [4.69, 9.17) is 27.9 Å². The van der Waals surface area contributed by atoms with E-state index in [0.29, 0.717) is 44.0 Å². The lowest BCUT2D eigenvalue weighted by Gasteiger charge is -2.51. The Balaban J connectivity index is 1.27. The quantitative estimate of drug-likeness (QED) is 0.125. The fraction of sp³-hybridized carbons (Fsp3) is 0.200. The van der Waals surface area contributed by atoms with Gasteiger partial charge in [-0.25, -0.2) is 0 Å². The molecule has 2 aliphatic carbocycles. The lowest BCUT2D eigenvalue weighted by Crippen LogP contribution is -2.53. The number of aromatic hydroxyl groups is 1. The van der Waals surface area contributed by atoms with Crippen LogP contribution in [0.3, 0.4) is 0 Å². The number of carbonyl (C=O) groups is 4. The highest BCUT2D eigenvalue weighted by molar-refractivity contribution is 6.36. The number of methoxy groups -OCH3 is 1. The molecule has 4 aliphatic rings. The van der Waals surface area contributed by atoms with Crippen molar-refractivity contribution >= 4 is 75.1 Å². The first-order chi connectivity index (χ1) is 27.1. The summed E-state index contributed by atoms with van der Waals surface area (Å²) in [7, 11) is 1.55. The van der Waals surface area contributed by atoms with Crippen LogP contribution in [0.15, 0.2) is 121 Å². The van der Waals surface area contributed by atoms with Crippen LogP contribution >= 0.6 is 23.2 Å². The number of imide groups is 2. The zero-order valence-electron chi connectivity index (χ0n) is 30.1. The molecule has 0 bridgehead atoms. The third-order valence-corrected chi connectivity index (χ3v) is 12.8. The van der Waals surface area contributed by atoms with Crippen LogP contribution in [0.5, 0.6) is 11.5 Å². The van der Waals surface area contributed by atoms with Crippen LogP contribution < -0.4 is 15.1 Å². The average molecular weight is 785 g/mol. The molecule has 9 nitrogen and oxygen atoms in total. The predicted molar refractivity (Wildman–Crippen MR) is 215 cm³/mol. The first-order valence-electron chi connectivity index (χ1n) is 18.3. The van der Waals surface area contributed by atoms with Crippen LogP contribution in [0.25, 0.3) is 16.8 Å². The lowest BCUT2D eigenvalue weighted by atomic mass is 9.49. The summed E-state index contributed by atoms with van der Waals surface area (Å²) in [5.41, 5.74) is 5.19. The minimum Gasteiger partial charge on any atom is -0.507 e. The molecule has 2 aliphatic heterocycles. The minimum atomic E-state index is -1.55. The number of hydrogen-bond donors (Lipinski definition) is 2. The summed E-state index contributed by atoms with van der Waals surface area (Å²) >= 11 is 12.8. The van der Waals surface area contributed by atoms with E-state index in [0.717, 1.165) is 16.1 Å². The molecular weight excluding hydrogens is 749 g/mol. The van der Waals surface area contributed by atoms with E-state index in [1.165, 1.54) is 11.0 Å². The van der Waals surface area contributed by atoms with Gasteiger partial charge in [0.05, 0.1) is 46.7 Å². The van der Waals surface area contributed by atoms with Crippen LogP contribution in [0.1, 0.15) is 35.4 Å². The lowest BCUT2D eigenvalue weighted by molar-refractivity contribution is -0.138. The van der Waals surface area contributed by atoms with Crippen LogP contribution in [-0.2, 0) is 24.6 Å². The summed E-state index contributed by atoms with van der Waals surface area (Å²) in [6, 6.07) is 29.8. The van der Waals surface area contributed by atoms with Gasteiger partial charge in [-0.2, -0.15) is 5.01 Å². The summed E-state index contributed by atoms with van der Waals surface area (Å²) in [4.78, 5) is 60.9. The first kappa shape index (κ1) is 35.8. The maximum absolute atomic E-state index is 15.6. The fourth-order valence-corrected chi connectivity index (χ4v) is 10.2. The number of phenols is 1. The van der Waals surface area contributed by atoms with E-state index in [9.17, 15) is 14.7 Å². The molecule has 9 rings (SSSR count). The molecule has 4 amide bonds. The van der Waals surface area contributed by atoms with Gasteiger partial charge in [-0.1, -0.05) is 102 Å². The minimum absolute atomic E-state index is 0.0635. The zero-order valence-corrected chi connectivity index (χ0v) is 31.6. The van der Waals surface area contributed by atoms with Gasteiger partial charge < -0.3 is 9.84 Å². The molecule has 11 heteroatoms. The Hall–Kier alpha value is -5.90. The highest BCUT2D eigenvalue weighted by atomic mass is 35.5. The molecule has 3 fully saturated rings. The van der Waals surface area contributed by atoms with Gasteiger partial charge in [0.25, 0.3) is 11.8 Å². The van der Waals surface area contributed by atoms with E-state index in [2.05, 4.69) is 12.0 Å². The van der Waals surface area contributed by atoms with E-state index >= 15 is 9.59 Å². The molecule has 56 heavy (non-hydrogen) atoms. The van der Waals surface area contributed by atoms with Crippen molar-refractivity contribution in [3.8, 4) is 11.5 Å². The molecular formula is C45H35Cl2N3O6. The number of halogens is 2. The highest BCUT2D eigenvalue weighted by Crippen LogP contribution is 2.65. The third-order valence-electron chi connectivity index (χ3n) is 12.2. The first-order valence-corrected chi connectivity index (χ1v) is 19.1. The Labute approximate surface area is 332 Å². The smallest absolute Gasteiger partial charge is 0.260 e. The Kier molecular flexibility index (Phi) is 8.56. The number of nitrogens with one attached hydrogen (secondary N) is 1. The SMILES string of the molecule is C=Cc1ccc(N2C(=O)C3CC=C4C(CC5C(=O)N(Nc6ccc(Cl)cc6Cl)C(=O)C5(c5ccc(OC)cc5)C4c4ccc(O)c5ccccc45)C3C2=O)cc1. The molecule has 6 unspecified atom stereocenters. The zero-order chi connectivity index (χ0) is 39.0. The van der Waals surface area contributed by atoms with Crippen LogP contribution in [0.2, 0.25) is 10.0 Å². The molecule has 280 valence electrons. The van der Waals surface area contributed by atoms with Crippen molar-refractivity contribution in [2.24, 2.45) is 23.7 Å². The van der Waals surface area contributed by atoms with Crippen molar-refractivity contribution in [3.63, 3.8) is 0 Å². The monoisotopic (exact) mass is 783 g/mol. The molecule has 2 N–H and O–H groups in total. The maximum Gasteiger partial charge on any atom is 0.260 e. The summed E-state index contributed by atoms with van der Waals surface area (Å²) in [5, 5.41) is 14.0. The number of nitrogens with zero attached hydrogens (tertiary/aromatic N) is 2. The third kappa shape index (κ3) is 5.14. The van der Waals surface area contributed by atoms with Gasteiger partial charge in [0.15, 0.2) is 0 Å². The number of fused-ring (bicyclic) bond motifs is 5. The topological polar surface area (TPSA) is 116 Å². The van der Waals surface area contributed by atoms with Crippen molar-refractivity contribution in [2.45, 2.75) is 24.2 Å². The van der Waals surface area contributed by atoms with Crippen molar-refractivity contribution < 1.29 is 29.0 Å². The molecule has 1 saturated carbocycles.